The molecular formula is C11H14ClFO2. The number of halogens is 2. The number of hydrogen-bond acceptors (Lipinski definition) is 2. The van der Waals surface area contributed by atoms with Crippen molar-refractivity contribution in [3.63, 3.8) is 0 Å². The van der Waals surface area contributed by atoms with Crippen LogP contribution in [-0.4, -0.2) is 18.3 Å². The SMILES string of the molecule is COCc1cc(Cl)c(F)c(CC(C)O)c1. The summed E-state index contributed by atoms with van der Waals surface area (Å²) in [6, 6.07) is 3.20. The summed E-state index contributed by atoms with van der Waals surface area (Å²) < 4.78 is 18.4. The number of ether oxygens (including phenoxy) is 1. The van der Waals surface area contributed by atoms with E-state index >= 15 is 0 Å². The summed E-state index contributed by atoms with van der Waals surface area (Å²) >= 11 is 5.73. The zero-order chi connectivity index (χ0) is 11.4. The minimum Gasteiger partial charge on any atom is -0.393 e. The van der Waals surface area contributed by atoms with Crippen LogP contribution in [0.25, 0.3) is 0 Å². The van der Waals surface area contributed by atoms with Gasteiger partial charge in [-0.05, 0) is 24.1 Å². The second-order valence-electron chi connectivity index (χ2n) is 3.54. The second kappa shape index (κ2) is 5.45. The largest absolute Gasteiger partial charge is 0.393 e. The molecule has 4 heteroatoms. The van der Waals surface area contributed by atoms with Gasteiger partial charge in [-0.15, -0.1) is 0 Å². The van der Waals surface area contributed by atoms with Crippen LogP contribution in [0.1, 0.15) is 18.1 Å². The van der Waals surface area contributed by atoms with E-state index in [0.717, 1.165) is 5.56 Å². The van der Waals surface area contributed by atoms with Crippen LogP contribution in [0, 0.1) is 5.82 Å². The highest BCUT2D eigenvalue weighted by Gasteiger charge is 2.11. The van der Waals surface area contributed by atoms with Gasteiger partial charge in [-0.2, -0.15) is 0 Å². The van der Waals surface area contributed by atoms with Gasteiger partial charge in [0.1, 0.15) is 5.82 Å². The van der Waals surface area contributed by atoms with Gasteiger partial charge in [0.15, 0.2) is 0 Å². The average molecular weight is 233 g/mol. The Balaban J connectivity index is 3.01. The van der Waals surface area contributed by atoms with E-state index in [1.807, 2.05) is 0 Å². The Morgan fingerprint density at radius 2 is 2.20 bits per heavy atom. The summed E-state index contributed by atoms with van der Waals surface area (Å²) in [7, 11) is 1.56. The minimum absolute atomic E-state index is 0.0696. The zero-order valence-electron chi connectivity index (χ0n) is 8.76. The zero-order valence-corrected chi connectivity index (χ0v) is 9.51. The molecule has 0 bridgehead atoms. The highest BCUT2D eigenvalue weighted by atomic mass is 35.5. The summed E-state index contributed by atoms with van der Waals surface area (Å²) in [5.74, 6) is -0.461. The van der Waals surface area contributed by atoms with Crippen LogP contribution < -0.4 is 0 Å². The van der Waals surface area contributed by atoms with E-state index in [1.165, 1.54) is 6.07 Å². The van der Waals surface area contributed by atoms with E-state index in [2.05, 4.69) is 0 Å². The fourth-order valence-electron chi connectivity index (χ4n) is 1.43. The van der Waals surface area contributed by atoms with Crippen molar-refractivity contribution in [3.05, 3.63) is 34.1 Å². The van der Waals surface area contributed by atoms with Crippen LogP contribution in [0.15, 0.2) is 12.1 Å². The van der Waals surface area contributed by atoms with E-state index in [0.29, 0.717) is 12.2 Å². The van der Waals surface area contributed by atoms with Gasteiger partial charge in [-0.1, -0.05) is 17.7 Å². The fraction of sp³-hybridized carbons (Fsp3) is 0.455. The van der Waals surface area contributed by atoms with Crippen LogP contribution >= 0.6 is 11.6 Å². The predicted molar refractivity (Wildman–Crippen MR) is 57.5 cm³/mol. The van der Waals surface area contributed by atoms with Gasteiger partial charge in [0.05, 0.1) is 17.7 Å². The van der Waals surface area contributed by atoms with Crippen LogP contribution in [0.5, 0.6) is 0 Å². The molecular weight excluding hydrogens is 219 g/mol. The molecule has 15 heavy (non-hydrogen) atoms. The van der Waals surface area contributed by atoms with Gasteiger partial charge in [0.2, 0.25) is 0 Å². The third kappa shape index (κ3) is 3.45. The van der Waals surface area contributed by atoms with Crippen LogP contribution in [-0.2, 0) is 17.8 Å². The van der Waals surface area contributed by atoms with Crippen LogP contribution in [0.2, 0.25) is 5.02 Å². The Bertz CT molecular complexity index is 340. The number of methoxy groups -OCH3 is 1. The summed E-state index contributed by atoms with van der Waals surface area (Å²) in [6.07, 6.45) is -0.336. The van der Waals surface area contributed by atoms with Crippen molar-refractivity contribution >= 4 is 11.6 Å². The van der Waals surface area contributed by atoms with Crippen molar-refractivity contribution < 1.29 is 14.2 Å². The lowest BCUT2D eigenvalue weighted by molar-refractivity contribution is 0.183. The van der Waals surface area contributed by atoms with Crippen molar-refractivity contribution in [1.29, 1.82) is 0 Å². The van der Waals surface area contributed by atoms with E-state index < -0.39 is 11.9 Å². The highest BCUT2D eigenvalue weighted by Crippen LogP contribution is 2.22. The molecule has 0 aliphatic heterocycles. The van der Waals surface area contributed by atoms with E-state index in [-0.39, 0.29) is 11.4 Å². The number of aliphatic hydroxyl groups is 1. The first kappa shape index (κ1) is 12.4. The lowest BCUT2D eigenvalue weighted by atomic mass is 10.1. The first-order valence-electron chi connectivity index (χ1n) is 4.68. The molecule has 0 radical (unpaired) electrons. The summed E-state index contributed by atoms with van der Waals surface area (Å²) in [5.41, 5.74) is 1.23. The van der Waals surface area contributed by atoms with Gasteiger partial charge in [0.25, 0.3) is 0 Å². The van der Waals surface area contributed by atoms with E-state index in [1.54, 1.807) is 20.1 Å². The number of benzene rings is 1. The summed E-state index contributed by atoms with van der Waals surface area (Å²) in [5, 5.41) is 9.27. The molecule has 0 heterocycles. The average Bonchev–Trinajstić information content (AvgIpc) is 2.13. The maximum absolute atomic E-state index is 13.5. The first-order chi connectivity index (χ1) is 7.04. The molecule has 0 aliphatic carbocycles. The molecule has 0 fully saturated rings. The number of hydrogen-bond donors (Lipinski definition) is 1. The number of rotatable bonds is 4. The van der Waals surface area contributed by atoms with Gasteiger partial charge >= 0.3 is 0 Å². The highest BCUT2D eigenvalue weighted by molar-refractivity contribution is 6.30. The second-order valence-corrected chi connectivity index (χ2v) is 3.94. The molecule has 1 unspecified atom stereocenters. The van der Waals surface area contributed by atoms with E-state index in [4.69, 9.17) is 16.3 Å². The molecule has 1 atom stereocenters. The van der Waals surface area contributed by atoms with Gasteiger partial charge in [-0.25, -0.2) is 4.39 Å². The topological polar surface area (TPSA) is 29.5 Å². The lowest BCUT2D eigenvalue weighted by Crippen LogP contribution is -2.07. The Hall–Kier alpha value is -0.640. The Morgan fingerprint density at radius 1 is 1.53 bits per heavy atom. The molecule has 1 N–H and O–H groups in total. The molecule has 0 amide bonds. The van der Waals surface area contributed by atoms with Crippen molar-refractivity contribution in [2.75, 3.05) is 7.11 Å². The molecule has 1 aromatic carbocycles. The smallest absolute Gasteiger partial charge is 0.145 e. The monoisotopic (exact) mass is 232 g/mol. The molecule has 0 saturated heterocycles. The Labute approximate surface area is 93.6 Å². The first-order valence-corrected chi connectivity index (χ1v) is 5.06. The Morgan fingerprint density at radius 3 is 2.73 bits per heavy atom. The fourth-order valence-corrected chi connectivity index (χ4v) is 1.69. The minimum atomic E-state index is -0.589. The predicted octanol–water partition coefficient (Wildman–Crippen LogP) is 2.55. The molecule has 0 spiro atoms. The van der Waals surface area contributed by atoms with Crippen molar-refractivity contribution in [2.45, 2.75) is 26.1 Å². The third-order valence-corrected chi connectivity index (χ3v) is 2.26. The molecule has 0 aromatic heterocycles. The molecule has 1 rings (SSSR count). The molecule has 84 valence electrons. The normalized spacial score (nSPS) is 12.9. The van der Waals surface area contributed by atoms with Gasteiger partial charge < -0.3 is 9.84 Å². The quantitative estimate of drug-likeness (QED) is 0.865. The molecule has 2 nitrogen and oxygen atoms in total. The third-order valence-electron chi connectivity index (χ3n) is 1.99. The van der Waals surface area contributed by atoms with Crippen molar-refractivity contribution in [3.8, 4) is 0 Å². The van der Waals surface area contributed by atoms with Gasteiger partial charge in [-0.3, -0.25) is 0 Å². The molecule has 0 saturated carbocycles. The van der Waals surface area contributed by atoms with Crippen molar-refractivity contribution in [2.24, 2.45) is 0 Å². The van der Waals surface area contributed by atoms with E-state index in [9.17, 15) is 9.50 Å². The maximum Gasteiger partial charge on any atom is 0.145 e. The lowest BCUT2D eigenvalue weighted by Gasteiger charge is -2.09. The number of aliphatic hydroxyl groups excluding tert-OH is 1. The van der Waals surface area contributed by atoms with Crippen molar-refractivity contribution in [1.82, 2.24) is 0 Å². The standard InChI is InChI=1S/C11H14ClFO2/c1-7(14)3-9-4-8(6-15-2)5-10(12)11(9)13/h4-5,7,14H,3,6H2,1-2H3. The molecule has 1 aromatic rings. The van der Waals surface area contributed by atoms with Crippen LogP contribution in [0.4, 0.5) is 4.39 Å². The molecule has 0 aliphatic rings. The Kier molecular flexibility index (Phi) is 4.51. The van der Waals surface area contributed by atoms with Gasteiger partial charge in [0, 0.05) is 13.5 Å². The van der Waals surface area contributed by atoms with Crippen LogP contribution in [0.3, 0.4) is 0 Å². The summed E-state index contributed by atoms with van der Waals surface area (Å²) in [4.78, 5) is 0. The summed E-state index contributed by atoms with van der Waals surface area (Å²) in [6.45, 7) is 1.99. The maximum atomic E-state index is 13.5.